The smallest absolute Gasteiger partial charge is 0.264 e. The van der Waals surface area contributed by atoms with E-state index in [0.717, 1.165) is 24.8 Å². The second-order valence-corrected chi connectivity index (χ2v) is 5.07. The van der Waals surface area contributed by atoms with Crippen LogP contribution in [-0.4, -0.2) is 24.8 Å². The number of tetrazole rings is 1. The Hall–Kier alpha value is -1.98. The molecule has 0 spiro atoms. The van der Waals surface area contributed by atoms with Gasteiger partial charge in [0.25, 0.3) is 0 Å². The van der Waals surface area contributed by atoms with Gasteiger partial charge in [-0.05, 0) is 60.2 Å². The Labute approximate surface area is 111 Å². The van der Waals surface area contributed by atoms with E-state index in [9.17, 15) is 4.79 Å². The minimum absolute atomic E-state index is 0.0867. The quantitative estimate of drug-likeness (QED) is 0.825. The molecule has 1 saturated carbocycles. The van der Waals surface area contributed by atoms with Gasteiger partial charge in [0.1, 0.15) is 0 Å². The van der Waals surface area contributed by atoms with Crippen molar-refractivity contribution in [3.63, 3.8) is 0 Å². The van der Waals surface area contributed by atoms with E-state index in [1.807, 2.05) is 19.2 Å². The third-order valence-corrected chi connectivity index (χ3v) is 3.81. The number of aryl methyl sites for hydroxylation is 3. The van der Waals surface area contributed by atoms with Crippen molar-refractivity contribution in [1.82, 2.24) is 24.8 Å². The molecule has 2 aromatic heterocycles. The van der Waals surface area contributed by atoms with Crippen LogP contribution in [0.1, 0.15) is 36.4 Å². The lowest BCUT2D eigenvalue weighted by Gasteiger charge is -2.23. The summed E-state index contributed by atoms with van der Waals surface area (Å²) in [6.07, 6.45) is 7.65. The molecule has 6 nitrogen and oxygen atoms in total. The van der Waals surface area contributed by atoms with Gasteiger partial charge in [0.05, 0.1) is 12.6 Å². The van der Waals surface area contributed by atoms with Crippen molar-refractivity contribution < 1.29 is 0 Å². The first kappa shape index (κ1) is 12.1. The fraction of sp³-hybridized carbons (Fsp3) is 0.538. The summed E-state index contributed by atoms with van der Waals surface area (Å²) in [4.78, 5) is 16.2. The molecular formula is C13H17N5O. The predicted molar refractivity (Wildman–Crippen MR) is 69.8 cm³/mol. The molecule has 0 bridgehead atoms. The molecule has 0 atom stereocenters. The first-order valence-electron chi connectivity index (χ1n) is 6.67. The number of pyridine rings is 1. The summed E-state index contributed by atoms with van der Waals surface area (Å²) in [6, 6.07) is 2.25. The maximum Gasteiger partial charge on any atom is 0.363 e. The van der Waals surface area contributed by atoms with Gasteiger partial charge in [-0.2, -0.15) is 9.36 Å². The van der Waals surface area contributed by atoms with Crippen LogP contribution < -0.4 is 5.69 Å². The summed E-state index contributed by atoms with van der Waals surface area (Å²) in [6.45, 7) is 2.59. The fourth-order valence-corrected chi connectivity index (χ4v) is 2.30. The highest BCUT2D eigenvalue weighted by molar-refractivity contribution is 5.21. The first-order chi connectivity index (χ1) is 9.25. The van der Waals surface area contributed by atoms with Gasteiger partial charge in [0.2, 0.25) is 0 Å². The third-order valence-electron chi connectivity index (χ3n) is 3.81. The summed E-state index contributed by atoms with van der Waals surface area (Å²) in [7, 11) is 0. The van der Waals surface area contributed by atoms with E-state index in [1.54, 1.807) is 6.20 Å². The normalized spacial score (nSPS) is 15.4. The number of nitrogens with zero attached hydrogens (tertiary/aromatic N) is 5. The largest absolute Gasteiger partial charge is 0.363 e. The van der Waals surface area contributed by atoms with Crippen molar-refractivity contribution in [2.45, 2.75) is 45.2 Å². The highest BCUT2D eigenvalue weighted by Gasteiger charge is 2.23. The standard InChI is InChI=1S/C13H17N5O/c1-10-9-14-7-5-11(10)6-8-17-13(19)18(16-15-17)12-3-2-4-12/h5,7,9,12H,2-4,6,8H2,1H3. The van der Waals surface area contributed by atoms with Gasteiger partial charge in [0.15, 0.2) is 0 Å². The van der Waals surface area contributed by atoms with Crippen LogP contribution in [-0.2, 0) is 13.0 Å². The Balaban J connectivity index is 1.72. The zero-order chi connectivity index (χ0) is 13.2. The molecule has 0 aliphatic heterocycles. The lowest BCUT2D eigenvalue weighted by Crippen LogP contribution is -2.31. The summed E-state index contributed by atoms with van der Waals surface area (Å²) in [5.41, 5.74) is 2.25. The minimum Gasteiger partial charge on any atom is -0.264 e. The number of aromatic nitrogens is 5. The van der Waals surface area contributed by atoms with Crippen LogP contribution >= 0.6 is 0 Å². The maximum atomic E-state index is 12.1. The van der Waals surface area contributed by atoms with Crippen molar-refractivity contribution in [3.05, 3.63) is 40.1 Å². The van der Waals surface area contributed by atoms with E-state index < -0.39 is 0 Å². The summed E-state index contributed by atoms with van der Waals surface area (Å²) >= 11 is 0. The van der Waals surface area contributed by atoms with Crippen LogP contribution in [0.3, 0.4) is 0 Å². The summed E-state index contributed by atoms with van der Waals surface area (Å²) < 4.78 is 2.99. The number of hydrogen-bond donors (Lipinski definition) is 0. The molecule has 0 radical (unpaired) electrons. The zero-order valence-electron chi connectivity index (χ0n) is 11.0. The molecule has 6 heteroatoms. The molecular weight excluding hydrogens is 242 g/mol. The molecule has 2 aromatic rings. The molecule has 0 aromatic carbocycles. The minimum atomic E-state index is -0.0867. The number of rotatable bonds is 4. The molecule has 0 saturated heterocycles. The molecule has 1 aliphatic rings. The van der Waals surface area contributed by atoms with Crippen molar-refractivity contribution in [2.75, 3.05) is 0 Å². The Morgan fingerprint density at radius 1 is 1.37 bits per heavy atom. The fourth-order valence-electron chi connectivity index (χ4n) is 2.30. The van der Waals surface area contributed by atoms with E-state index >= 15 is 0 Å². The van der Waals surface area contributed by atoms with Gasteiger partial charge in [0, 0.05) is 12.4 Å². The molecule has 3 rings (SSSR count). The topological polar surface area (TPSA) is 65.6 Å². The summed E-state index contributed by atoms with van der Waals surface area (Å²) in [5.74, 6) is 0. The van der Waals surface area contributed by atoms with Crippen LogP contribution in [0.2, 0.25) is 0 Å². The Bertz CT molecular complexity index is 626. The van der Waals surface area contributed by atoms with E-state index in [2.05, 4.69) is 15.4 Å². The van der Waals surface area contributed by atoms with Crippen molar-refractivity contribution in [3.8, 4) is 0 Å². The van der Waals surface area contributed by atoms with Crippen LogP contribution in [0.5, 0.6) is 0 Å². The van der Waals surface area contributed by atoms with Gasteiger partial charge in [-0.25, -0.2) is 4.79 Å². The van der Waals surface area contributed by atoms with E-state index in [-0.39, 0.29) is 11.7 Å². The lowest BCUT2D eigenvalue weighted by molar-refractivity contribution is 0.277. The van der Waals surface area contributed by atoms with Crippen LogP contribution in [0.4, 0.5) is 0 Å². The molecule has 0 N–H and O–H groups in total. The SMILES string of the molecule is Cc1cnccc1CCn1nnn(C2CCC2)c1=O. The molecule has 100 valence electrons. The van der Waals surface area contributed by atoms with E-state index in [4.69, 9.17) is 0 Å². The average Bonchev–Trinajstić information content (AvgIpc) is 2.69. The highest BCUT2D eigenvalue weighted by Crippen LogP contribution is 2.28. The molecule has 19 heavy (non-hydrogen) atoms. The Kier molecular flexibility index (Phi) is 3.15. The molecule has 0 amide bonds. The van der Waals surface area contributed by atoms with Crippen LogP contribution in [0.15, 0.2) is 23.3 Å². The summed E-state index contributed by atoms with van der Waals surface area (Å²) in [5, 5.41) is 7.94. The predicted octanol–water partition coefficient (Wildman–Crippen LogP) is 1.11. The van der Waals surface area contributed by atoms with Gasteiger partial charge in [-0.1, -0.05) is 0 Å². The van der Waals surface area contributed by atoms with E-state index in [0.29, 0.717) is 6.54 Å². The number of hydrogen-bond acceptors (Lipinski definition) is 4. The van der Waals surface area contributed by atoms with Crippen molar-refractivity contribution in [1.29, 1.82) is 0 Å². The van der Waals surface area contributed by atoms with E-state index in [1.165, 1.54) is 21.3 Å². The van der Waals surface area contributed by atoms with Crippen LogP contribution in [0, 0.1) is 6.92 Å². The lowest BCUT2D eigenvalue weighted by atomic mass is 9.93. The Morgan fingerprint density at radius 2 is 2.21 bits per heavy atom. The second-order valence-electron chi connectivity index (χ2n) is 5.07. The highest BCUT2D eigenvalue weighted by atomic mass is 16.2. The average molecular weight is 259 g/mol. The third kappa shape index (κ3) is 2.30. The molecule has 1 aliphatic carbocycles. The monoisotopic (exact) mass is 259 g/mol. The van der Waals surface area contributed by atoms with Gasteiger partial charge in [-0.3, -0.25) is 4.98 Å². The molecule has 0 unspecified atom stereocenters. The van der Waals surface area contributed by atoms with Gasteiger partial charge < -0.3 is 0 Å². The van der Waals surface area contributed by atoms with Crippen molar-refractivity contribution in [2.24, 2.45) is 0 Å². The maximum absolute atomic E-state index is 12.1. The van der Waals surface area contributed by atoms with Crippen LogP contribution in [0.25, 0.3) is 0 Å². The second kappa shape index (κ2) is 4.95. The van der Waals surface area contributed by atoms with Gasteiger partial charge in [-0.15, -0.1) is 0 Å². The molecule has 1 fully saturated rings. The Morgan fingerprint density at radius 3 is 2.89 bits per heavy atom. The first-order valence-corrected chi connectivity index (χ1v) is 6.67. The van der Waals surface area contributed by atoms with Crippen molar-refractivity contribution >= 4 is 0 Å². The van der Waals surface area contributed by atoms with Gasteiger partial charge >= 0.3 is 5.69 Å². The molecule has 2 heterocycles. The zero-order valence-corrected chi connectivity index (χ0v) is 11.0.